The Kier molecular flexibility index (Phi) is 4.58. The van der Waals surface area contributed by atoms with E-state index in [2.05, 4.69) is 13.0 Å². The second-order valence-corrected chi connectivity index (χ2v) is 4.20. The van der Waals surface area contributed by atoms with Crippen molar-refractivity contribution in [3.05, 3.63) is 59.2 Å². The van der Waals surface area contributed by atoms with E-state index in [0.717, 1.165) is 11.4 Å². The summed E-state index contributed by atoms with van der Waals surface area (Å²) >= 11 is 0. The average Bonchev–Trinajstić information content (AvgIpc) is 2.31. The molecule has 0 spiro atoms. The molecule has 0 radical (unpaired) electrons. The van der Waals surface area contributed by atoms with Gasteiger partial charge in [0.1, 0.15) is 0 Å². The summed E-state index contributed by atoms with van der Waals surface area (Å²) in [5, 5.41) is 0. The minimum absolute atomic E-state index is 0.829. The molecular formula is C15H20N2. The molecule has 17 heavy (non-hydrogen) atoms. The van der Waals surface area contributed by atoms with E-state index < -0.39 is 0 Å². The summed E-state index contributed by atoms with van der Waals surface area (Å²) in [6.07, 6.45) is 0. The molecule has 0 unspecified atom stereocenters. The van der Waals surface area contributed by atoms with E-state index in [0.29, 0.717) is 0 Å². The molecule has 4 N–H and O–H groups in total. The van der Waals surface area contributed by atoms with Crippen LogP contribution in [0.4, 0.5) is 11.4 Å². The van der Waals surface area contributed by atoms with Gasteiger partial charge in [-0.3, -0.25) is 0 Å². The van der Waals surface area contributed by atoms with Crippen LogP contribution >= 0.6 is 0 Å². The van der Waals surface area contributed by atoms with Crippen molar-refractivity contribution in [1.82, 2.24) is 0 Å². The zero-order valence-corrected chi connectivity index (χ0v) is 10.7. The number of anilines is 2. The summed E-state index contributed by atoms with van der Waals surface area (Å²) in [6, 6.07) is 13.7. The summed E-state index contributed by atoms with van der Waals surface area (Å²) in [7, 11) is 0. The van der Waals surface area contributed by atoms with Crippen molar-refractivity contribution in [3.63, 3.8) is 0 Å². The molecule has 0 atom stereocenters. The third kappa shape index (κ3) is 4.19. The fourth-order valence-corrected chi connectivity index (χ4v) is 1.34. The van der Waals surface area contributed by atoms with Crippen molar-refractivity contribution in [2.45, 2.75) is 20.8 Å². The van der Waals surface area contributed by atoms with Crippen LogP contribution in [0.1, 0.15) is 16.7 Å². The second-order valence-electron chi connectivity index (χ2n) is 4.20. The Morgan fingerprint density at radius 2 is 1.35 bits per heavy atom. The molecule has 0 aliphatic carbocycles. The van der Waals surface area contributed by atoms with Crippen molar-refractivity contribution < 1.29 is 0 Å². The lowest BCUT2D eigenvalue weighted by atomic mass is 10.1. The maximum Gasteiger partial charge on any atom is 0.0346 e. The number of nitrogen functional groups attached to an aromatic ring is 2. The largest absolute Gasteiger partial charge is 0.399 e. The molecule has 0 heterocycles. The highest BCUT2D eigenvalue weighted by molar-refractivity contribution is 5.49. The first-order valence-electron chi connectivity index (χ1n) is 5.64. The van der Waals surface area contributed by atoms with Gasteiger partial charge < -0.3 is 11.5 Å². The summed E-state index contributed by atoms with van der Waals surface area (Å²) in [5.74, 6) is 0. The van der Waals surface area contributed by atoms with Crippen LogP contribution in [-0.4, -0.2) is 0 Å². The molecule has 90 valence electrons. The molecule has 0 aliphatic heterocycles. The van der Waals surface area contributed by atoms with Crippen molar-refractivity contribution >= 4 is 11.4 Å². The Labute approximate surface area is 103 Å². The topological polar surface area (TPSA) is 52.0 Å². The van der Waals surface area contributed by atoms with Gasteiger partial charge in [0.2, 0.25) is 0 Å². The van der Waals surface area contributed by atoms with Crippen molar-refractivity contribution in [1.29, 1.82) is 0 Å². The fraction of sp³-hybridized carbons (Fsp3) is 0.200. The SMILES string of the molecule is Cc1ccc(N)cc1.Cc1cccc(N)c1C. The lowest BCUT2D eigenvalue weighted by molar-refractivity contribution is 1.35. The second kappa shape index (κ2) is 5.94. The highest BCUT2D eigenvalue weighted by Crippen LogP contribution is 2.13. The molecule has 2 rings (SSSR count). The molecule has 2 aromatic carbocycles. The lowest BCUT2D eigenvalue weighted by Crippen LogP contribution is -1.90. The number of hydrogen-bond donors (Lipinski definition) is 2. The van der Waals surface area contributed by atoms with Crippen LogP contribution in [0.15, 0.2) is 42.5 Å². The fourth-order valence-electron chi connectivity index (χ4n) is 1.34. The van der Waals surface area contributed by atoms with Crippen LogP contribution in [0.2, 0.25) is 0 Å². The first-order valence-corrected chi connectivity index (χ1v) is 5.64. The van der Waals surface area contributed by atoms with Crippen molar-refractivity contribution in [3.8, 4) is 0 Å². The third-order valence-corrected chi connectivity index (χ3v) is 2.72. The molecule has 0 fully saturated rings. The predicted molar refractivity (Wildman–Crippen MR) is 75.9 cm³/mol. The molecule has 2 aromatic rings. The predicted octanol–water partition coefficient (Wildman–Crippen LogP) is 3.46. The first kappa shape index (κ1) is 13.1. The maximum atomic E-state index is 5.62. The summed E-state index contributed by atoms with van der Waals surface area (Å²) in [6.45, 7) is 6.13. The Bertz CT molecular complexity index is 432. The Morgan fingerprint density at radius 3 is 1.76 bits per heavy atom. The molecule has 0 saturated heterocycles. The van der Waals surface area contributed by atoms with E-state index in [4.69, 9.17) is 11.5 Å². The number of hydrogen-bond acceptors (Lipinski definition) is 2. The molecule has 0 amide bonds. The molecule has 2 nitrogen and oxygen atoms in total. The Morgan fingerprint density at radius 1 is 0.765 bits per heavy atom. The van der Waals surface area contributed by atoms with Gasteiger partial charge in [-0.2, -0.15) is 0 Å². The van der Waals surface area contributed by atoms with Gasteiger partial charge in [-0.25, -0.2) is 0 Å². The van der Waals surface area contributed by atoms with E-state index in [1.807, 2.05) is 50.2 Å². The summed E-state index contributed by atoms with van der Waals surface area (Å²) in [5.41, 5.74) is 16.5. The van der Waals surface area contributed by atoms with Crippen LogP contribution in [0.3, 0.4) is 0 Å². The molecule has 0 aliphatic rings. The first-order chi connectivity index (χ1) is 8.00. The minimum atomic E-state index is 0.829. The van der Waals surface area contributed by atoms with Gasteiger partial charge in [-0.15, -0.1) is 0 Å². The van der Waals surface area contributed by atoms with Gasteiger partial charge in [0.25, 0.3) is 0 Å². The number of aryl methyl sites for hydroxylation is 2. The molecule has 2 heteroatoms. The number of benzene rings is 2. The molecule has 0 saturated carbocycles. The van der Waals surface area contributed by atoms with Gasteiger partial charge >= 0.3 is 0 Å². The zero-order valence-electron chi connectivity index (χ0n) is 10.7. The van der Waals surface area contributed by atoms with Crippen LogP contribution in [0.25, 0.3) is 0 Å². The third-order valence-electron chi connectivity index (χ3n) is 2.72. The van der Waals surface area contributed by atoms with Crippen LogP contribution in [-0.2, 0) is 0 Å². The smallest absolute Gasteiger partial charge is 0.0346 e. The van der Waals surface area contributed by atoms with Gasteiger partial charge in [0, 0.05) is 11.4 Å². The number of rotatable bonds is 0. The van der Waals surface area contributed by atoms with E-state index >= 15 is 0 Å². The standard InChI is InChI=1S/C8H11N.C7H9N/c1-6-4-3-5-8(9)7(6)2;1-6-2-4-7(8)5-3-6/h3-5H,9H2,1-2H3;2-5H,8H2,1H3. The lowest BCUT2D eigenvalue weighted by Gasteiger charge is -2.00. The van der Waals surface area contributed by atoms with Crippen LogP contribution in [0.5, 0.6) is 0 Å². The maximum absolute atomic E-state index is 5.62. The van der Waals surface area contributed by atoms with Gasteiger partial charge in [-0.1, -0.05) is 29.8 Å². The normalized spacial score (nSPS) is 9.35. The minimum Gasteiger partial charge on any atom is -0.399 e. The Hall–Kier alpha value is -1.96. The molecular weight excluding hydrogens is 208 g/mol. The van der Waals surface area contributed by atoms with Gasteiger partial charge in [0.15, 0.2) is 0 Å². The van der Waals surface area contributed by atoms with Gasteiger partial charge in [0.05, 0.1) is 0 Å². The zero-order chi connectivity index (χ0) is 12.8. The molecule has 0 aromatic heterocycles. The summed E-state index contributed by atoms with van der Waals surface area (Å²) in [4.78, 5) is 0. The van der Waals surface area contributed by atoms with E-state index in [-0.39, 0.29) is 0 Å². The van der Waals surface area contributed by atoms with Crippen molar-refractivity contribution in [2.24, 2.45) is 0 Å². The quantitative estimate of drug-likeness (QED) is 0.678. The van der Waals surface area contributed by atoms with Crippen LogP contribution < -0.4 is 11.5 Å². The highest BCUT2D eigenvalue weighted by Gasteiger charge is 1.92. The van der Waals surface area contributed by atoms with E-state index in [9.17, 15) is 0 Å². The molecule has 0 bridgehead atoms. The monoisotopic (exact) mass is 228 g/mol. The van der Waals surface area contributed by atoms with Gasteiger partial charge in [-0.05, 0) is 50.1 Å². The number of nitrogens with two attached hydrogens (primary N) is 2. The highest BCUT2D eigenvalue weighted by atomic mass is 14.6. The average molecular weight is 228 g/mol. The van der Waals surface area contributed by atoms with Crippen molar-refractivity contribution in [2.75, 3.05) is 11.5 Å². The van der Waals surface area contributed by atoms with Crippen LogP contribution in [0, 0.1) is 20.8 Å². The Balaban J connectivity index is 0.000000171. The summed E-state index contributed by atoms with van der Waals surface area (Å²) < 4.78 is 0. The van der Waals surface area contributed by atoms with E-state index in [1.54, 1.807) is 0 Å². The van der Waals surface area contributed by atoms with E-state index in [1.165, 1.54) is 16.7 Å².